The second kappa shape index (κ2) is 7.96. The van der Waals surface area contributed by atoms with E-state index in [4.69, 9.17) is 10.1 Å². The van der Waals surface area contributed by atoms with E-state index in [0.717, 1.165) is 23.3 Å². The van der Waals surface area contributed by atoms with Crippen molar-refractivity contribution in [3.05, 3.63) is 57.8 Å². The van der Waals surface area contributed by atoms with E-state index in [1.807, 2.05) is 30.3 Å². The van der Waals surface area contributed by atoms with E-state index in [1.54, 1.807) is 11.4 Å². The van der Waals surface area contributed by atoms with Gasteiger partial charge in [0.15, 0.2) is 0 Å². The van der Waals surface area contributed by atoms with Crippen LogP contribution in [-0.2, 0) is 22.7 Å². The molecule has 1 aliphatic heterocycles. The summed E-state index contributed by atoms with van der Waals surface area (Å²) in [6.45, 7) is 2.78. The molecule has 4 N–H and O–H groups in total. The van der Waals surface area contributed by atoms with Crippen LogP contribution in [-0.4, -0.2) is 29.9 Å². The molecular weight excluding hydrogens is 388 g/mol. The van der Waals surface area contributed by atoms with Crippen LogP contribution >= 0.6 is 11.3 Å². The van der Waals surface area contributed by atoms with Crippen molar-refractivity contribution >= 4 is 29.2 Å². The molecule has 4 rings (SSSR count). The number of piperidine rings is 1. The highest BCUT2D eigenvalue weighted by atomic mass is 32.1. The maximum absolute atomic E-state index is 12.3. The largest absolute Gasteiger partial charge is 0.444 e. The third-order valence-corrected chi connectivity index (χ3v) is 6.50. The number of hydrogen-bond donors (Lipinski definition) is 4. The Morgan fingerprint density at radius 3 is 2.83 bits per heavy atom. The van der Waals surface area contributed by atoms with E-state index in [1.165, 1.54) is 11.3 Å². The van der Waals surface area contributed by atoms with Crippen LogP contribution in [0, 0.1) is 10.8 Å². The lowest BCUT2D eigenvalue weighted by Gasteiger charge is -2.13. The van der Waals surface area contributed by atoms with E-state index in [9.17, 15) is 9.59 Å². The fraction of sp³-hybridized carbons (Fsp3) is 0.381. The smallest absolute Gasteiger partial charge is 0.413 e. The molecule has 152 valence electrons. The summed E-state index contributed by atoms with van der Waals surface area (Å²) in [5.41, 5.74) is 1.77. The first kappa shape index (κ1) is 19.6. The first-order valence-electron chi connectivity index (χ1n) is 9.61. The second-order valence-corrected chi connectivity index (χ2v) is 8.91. The molecule has 8 heteroatoms. The lowest BCUT2D eigenvalue weighted by molar-refractivity contribution is -0.123. The van der Waals surface area contributed by atoms with Crippen LogP contribution in [0.15, 0.2) is 41.8 Å². The van der Waals surface area contributed by atoms with Crippen LogP contribution in [0.5, 0.6) is 0 Å². The van der Waals surface area contributed by atoms with Crippen LogP contribution in [0.2, 0.25) is 0 Å². The van der Waals surface area contributed by atoms with E-state index in [2.05, 4.69) is 22.9 Å². The van der Waals surface area contributed by atoms with Crippen LogP contribution < -0.4 is 16.0 Å². The molecule has 2 aromatic rings. The minimum absolute atomic E-state index is 0.0195. The summed E-state index contributed by atoms with van der Waals surface area (Å²) < 4.78 is 5.13. The predicted molar refractivity (Wildman–Crippen MR) is 111 cm³/mol. The van der Waals surface area contributed by atoms with Crippen molar-refractivity contribution in [1.82, 2.24) is 16.0 Å². The maximum atomic E-state index is 12.3. The zero-order chi connectivity index (χ0) is 20.4. The number of thiophene rings is 1. The van der Waals surface area contributed by atoms with Gasteiger partial charge in [0.2, 0.25) is 5.91 Å². The van der Waals surface area contributed by atoms with Crippen molar-refractivity contribution in [2.45, 2.75) is 45.0 Å². The Hall–Kier alpha value is -2.71. The summed E-state index contributed by atoms with van der Waals surface area (Å²) in [4.78, 5) is 25.1. The van der Waals surface area contributed by atoms with Gasteiger partial charge in [-0.1, -0.05) is 37.3 Å². The number of hydrogen-bond acceptors (Lipinski definition) is 6. The lowest BCUT2D eigenvalue weighted by atomic mass is 10.0. The molecule has 2 aliphatic rings. The number of benzene rings is 1. The number of carbonyl (C=O) groups excluding carboxylic acids is 2. The Labute approximate surface area is 173 Å². The quantitative estimate of drug-likeness (QED) is 0.433. The molecule has 1 aromatic heterocycles. The summed E-state index contributed by atoms with van der Waals surface area (Å²) in [6, 6.07) is 11.5. The van der Waals surface area contributed by atoms with E-state index >= 15 is 0 Å². The fourth-order valence-corrected chi connectivity index (χ4v) is 4.48. The minimum Gasteiger partial charge on any atom is -0.444 e. The van der Waals surface area contributed by atoms with Crippen molar-refractivity contribution in [1.29, 1.82) is 5.41 Å². The maximum Gasteiger partial charge on any atom is 0.413 e. The lowest BCUT2D eigenvalue weighted by Crippen LogP contribution is -2.41. The molecule has 1 aromatic carbocycles. The molecule has 0 bridgehead atoms. The van der Waals surface area contributed by atoms with E-state index in [0.29, 0.717) is 23.6 Å². The summed E-state index contributed by atoms with van der Waals surface area (Å²) >= 11 is 1.44. The van der Waals surface area contributed by atoms with Gasteiger partial charge in [-0.15, -0.1) is 11.3 Å². The normalized spacial score (nSPS) is 24.4. The zero-order valence-electron chi connectivity index (χ0n) is 16.2. The molecule has 1 saturated heterocycles. The van der Waals surface area contributed by atoms with Crippen molar-refractivity contribution in [2.75, 3.05) is 0 Å². The molecule has 0 spiro atoms. The number of amidine groups is 1. The molecule has 29 heavy (non-hydrogen) atoms. The minimum atomic E-state index is -0.667. The third-order valence-electron chi connectivity index (χ3n) is 5.56. The highest BCUT2D eigenvalue weighted by Gasteiger charge is 2.57. The number of alkyl carbamates (subject to hydrolysis) is 1. The van der Waals surface area contributed by atoms with E-state index < -0.39 is 6.09 Å². The van der Waals surface area contributed by atoms with Crippen molar-refractivity contribution in [3.8, 4) is 0 Å². The van der Waals surface area contributed by atoms with E-state index in [-0.39, 0.29) is 24.4 Å². The van der Waals surface area contributed by atoms with Gasteiger partial charge in [-0.25, -0.2) is 4.79 Å². The molecule has 3 atom stereocenters. The zero-order valence-corrected chi connectivity index (χ0v) is 17.0. The second-order valence-electron chi connectivity index (χ2n) is 7.92. The highest BCUT2D eigenvalue weighted by Crippen LogP contribution is 2.53. The average Bonchev–Trinajstić information content (AvgIpc) is 3.06. The molecule has 2 fully saturated rings. The molecule has 0 unspecified atom stereocenters. The summed E-state index contributed by atoms with van der Waals surface area (Å²) in [6.07, 6.45) is 1.38. The first-order chi connectivity index (χ1) is 13.9. The Bertz CT molecular complexity index is 929. The summed E-state index contributed by atoms with van der Waals surface area (Å²) in [7, 11) is 0. The van der Waals surface area contributed by atoms with Gasteiger partial charge in [0.05, 0.1) is 12.6 Å². The van der Waals surface area contributed by atoms with Crippen molar-refractivity contribution < 1.29 is 14.3 Å². The molecular formula is C21H24N4O3S. The first-order valence-corrected chi connectivity index (χ1v) is 10.5. The van der Waals surface area contributed by atoms with Crippen LogP contribution in [0.4, 0.5) is 4.79 Å². The van der Waals surface area contributed by atoms with Gasteiger partial charge in [0.1, 0.15) is 12.4 Å². The number of rotatable bonds is 6. The molecule has 2 amide bonds. The van der Waals surface area contributed by atoms with Gasteiger partial charge < -0.3 is 15.4 Å². The Morgan fingerprint density at radius 1 is 1.31 bits per heavy atom. The molecule has 7 nitrogen and oxygen atoms in total. The average molecular weight is 413 g/mol. The third kappa shape index (κ3) is 4.65. The predicted octanol–water partition coefficient (Wildman–Crippen LogP) is 2.76. The van der Waals surface area contributed by atoms with Gasteiger partial charge in [-0.3, -0.25) is 15.5 Å². The van der Waals surface area contributed by atoms with Crippen molar-refractivity contribution in [3.63, 3.8) is 0 Å². The molecule has 1 aliphatic carbocycles. The van der Waals surface area contributed by atoms with Crippen LogP contribution in [0.3, 0.4) is 0 Å². The Kier molecular flexibility index (Phi) is 5.38. The Balaban J connectivity index is 1.21. The van der Waals surface area contributed by atoms with Gasteiger partial charge in [-0.2, -0.15) is 0 Å². The monoisotopic (exact) mass is 412 g/mol. The van der Waals surface area contributed by atoms with Crippen LogP contribution in [0.25, 0.3) is 0 Å². The number of amides is 2. The summed E-state index contributed by atoms with van der Waals surface area (Å²) in [5.74, 6) is -0.00609. The van der Waals surface area contributed by atoms with Gasteiger partial charge in [0, 0.05) is 21.9 Å². The fourth-order valence-electron chi connectivity index (χ4n) is 3.66. The topological polar surface area (TPSA) is 103 Å². The number of ether oxygens (including phenoxy) is 1. The van der Waals surface area contributed by atoms with Gasteiger partial charge in [-0.05, 0) is 29.9 Å². The highest BCUT2D eigenvalue weighted by molar-refractivity contribution is 7.10. The Morgan fingerprint density at radius 2 is 2.10 bits per heavy atom. The number of carbonyl (C=O) groups is 2. The standard InChI is InChI=1S/C21H24N4O3S/c1-21-8-16(24-17(21)9-21)19(26)23-10-15-7-14(12-29-15)18(22)25-20(27)28-11-13-5-3-2-4-6-13/h2-7,12,16-17,24H,8-11H2,1H3,(H,23,26)(H2,22,25,27)/t16-,17-,21+/m0/s1. The van der Waals surface area contributed by atoms with Gasteiger partial charge >= 0.3 is 6.09 Å². The van der Waals surface area contributed by atoms with Crippen molar-refractivity contribution in [2.24, 2.45) is 5.41 Å². The van der Waals surface area contributed by atoms with Gasteiger partial charge in [0.25, 0.3) is 0 Å². The number of nitrogens with one attached hydrogen (secondary N) is 4. The number of fused-ring (bicyclic) bond motifs is 1. The molecule has 1 saturated carbocycles. The molecule has 0 radical (unpaired) electrons. The van der Waals surface area contributed by atoms with Crippen LogP contribution in [0.1, 0.15) is 35.8 Å². The SMILES string of the molecule is C[C@]12C[C@@H](C(=O)NCc3cc(C(=N)NC(=O)OCc4ccccc4)cs3)N[C@H]1C2. The molecule has 2 heterocycles. The summed E-state index contributed by atoms with van der Waals surface area (Å²) in [5, 5.41) is 18.6.